The summed E-state index contributed by atoms with van der Waals surface area (Å²) < 4.78 is 32.5. The number of aliphatic imine (C=N–C) groups is 1. The van der Waals surface area contributed by atoms with Crippen LogP contribution in [0.1, 0.15) is 67.6 Å². The van der Waals surface area contributed by atoms with Crippen LogP contribution in [0.4, 0.5) is 17.1 Å². The molecule has 3 aromatic carbocycles. The molecule has 12 nitrogen and oxygen atoms in total. The van der Waals surface area contributed by atoms with Crippen LogP contribution in [0.25, 0.3) is 0 Å². The number of aryl methyl sites for hydroxylation is 1. The summed E-state index contributed by atoms with van der Waals surface area (Å²) in [7, 11) is -0.415. The molecule has 1 amide bonds. The van der Waals surface area contributed by atoms with Gasteiger partial charge >= 0.3 is 0 Å². The highest BCUT2D eigenvalue weighted by Crippen LogP contribution is 2.39. The van der Waals surface area contributed by atoms with E-state index in [-0.39, 0.29) is 22.8 Å². The molecule has 2 aliphatic rings. The molecule has 0 saturated carbocycles. The van der Waals surface area contributed by atoms with Crippen molar-refractivity contribution in [1.29, 1.82) is 0 Å². The van der Waals surface area contributed by atoms with Gasteiger partial charge in [-0.2, -0.15) is 0 Å². The van der Waals surface area contributed by atoms with Crippen molar-refractivity contribution < 1.29 is 17.9 Å². The van der Waals surface area contributed by atoms with Gasteiger partial charge in [0.2, 0.25) is 10.0 Å². The number of benzene rings is 3. The second-order valence-corrected chi connectivity index (χ2v) is 16.2. The zero-order chi connectivity index (χ0) is 37.6. The molecule has 3 aromatic rings. The molecule has 13 heteroatoms. The number of hydrogen-bond donors (Lipinski definition) is 5. The Kier molecular flexibility index (Phi) is 12.0. The van der Waals surface area contributed by atoms with E-state index in [2.05, 4.69) is 73.5 Å². The number of carbonyl (C=O) groups excluding carboxylic acids is 1. The largest absolute Gasteiger partial charge is 0.492 e. The lowest BCUT2D eigenvalue weighted by molar-refractivity contribution is 0.102. The van der Waals surface area contributed by atoms with Crippen LogP contribution in [0.2, 0.25) is 0 Å². The molecule has 278 valence electrons. The number of nitrogens with zero attached hydrogens (tertiary/aromatic N) is 3. The number of nitrogens with one attached hydrogen (secondary N) is 5. The Morgan fingerprint density at radius 3 is 2.38 bits per heavy atom. The highest BCUT2D eigenvalue weighted by molar-refractivity contribution is 7.92. The standard InChI is InChI=1S/C39H52N8O4S/c1-26-14-15-29(38(48)42-33-21-30(39(3,4)5)22-34(37(33)51-7)44-52(8,49)50)20-36(26)47-25-35(43-45-47)32(23-40-6)27(2)41-31-16-18-46(19-17-31)24-28-12-10-9-11-13-28/h9-15,20-23,25,31,41,43-45H,16-19,24H2,1-8H3,(H,42,48)/b32-27+,40-23?. The molecule has 1 saturated heterocycles. The van der Waals surface area contributed by atoms with Crippen LogP contribution in [0.3, 0.4) is 0 Å². The summed E-state index contributed by atoms with van der Waals surface area (Å²) in [5, 5.41) is 8.55. The minimum absolute atomic E-state index is 0.218. The van der Waals surface area contributed by atoms with Crippen LogP contribution in [-0.2, 0) is 22.0 Å². The zero-order valence-electron chi connectivity index (χ0n) is 31.4. The number of methoxy groups -OCH3 is 1. The Morgan fingerprint density at radius 2 is 1.75 bits per heavy atom. The molecular formula is C39H52N8O4S. The molecule has 0 atom stereocenters. The molecule has 0 aromatic heterocycles. The average molecular weight is 729 g/mol. The fraction of sp³-hybridized carbons (Fsp3) is 0.385. The van der Waals surface area contributed by atoms with Crippen molar-refractivity contribution in [2.75, 3.05) is 48.6 Å². The number of sulfonamides is 1. The molecule has 1 fully saturated rings. The van der Waals surface area contributed by atoms with Gasteiger partial charge in [0.1, 0.15) is 0 Å². The van der Waals surface area contributed by atoms with Gasteiger partial charge in [0.15, 0.2) is 5.75 Å². The minimum atomic E-state index is -3.61. The van der Waals surface area contributed by atoms with Gasteiger partial charge in [-0.25, -0.2) is 8.42 Å². The fourth-order valence-corrected chi connectivity index (χ4v) is 6.95. The molecule has 0 radical (unpaired) electrons. The Morgan fingerprint density at radius 1 is 1.06 bits per heavy atom. The minimum Gasteiger partial charge on any atom is -0.492 e. The molecule has 2 heterocycles. The highest BCUT2D eigenvalue weighted by atomic mass is 32.2. The molecule has 5 N–H and O–H groups in total. The van der Waals surface area contributed by atoms with Gasteiger partial charge in [0.25, 0.3) is 5.91 Å². The Labute approximate surface area is 308 Å². The van der Waals surface area contributed by atoms with E-state index in [1.165, 1.54) is 12.7 Å². The van der Waals surface area contributed by atoms with E-state index in [1.807, 2.05) is 57.3 Å². The van der Waals surface area contributed by atoms with Gasteiger partial charge in [0.05, 0.1) is 36.1 Å². The second-order valence-electron chi connectivity index (χ2n) is 14.4. The number of anilines is 3. The molecule has 52 heavy (non-hydrogen) atoms. The topological polar surface area (TPSA) is 139 Å². The molecule has 2 aliphatic heterocycles. The summed E-state index contributed by atoms with van der Waals surface area (Å²) in [6.07, 6.45) is 6.97. The van der Waals surface area contributed by atoms with Crippen LogP contribution in [0, 0.1) is 6.92 Å². The van der Waals surface area contributed by atoms with Gasteiger partial charge in [0, 0.05) is 62.0 Å². The lowest BCUT2D eigenvalue weighted by atomic mass is 9.86. The molecule has 0 spiro atoms. The lowest BCUT2D eigenvalue weighted by Gasteiger charge is -2.33. The number of rotatable bonds is 12. The smallest absolute Gasteiger partial charge is 0.255 e. The van der Waals surface area contributed by atoms with E-state index in [0.717, 1.165) is 72.5 Å². The summed E-state index contributed by atoms with van der Waals surface area (Å²) in [5.74, 6) is -0.156. The van der Waals surface area contributed by atoms with Gasteiger partial charge in [-0.1, -0.05) is 57.2 Å². The third-order valence-electron chi connectivity index (χ3n) is 9.21. The maximum Gasteiger partial charge on any atom is 0.255 e. The van der Waals surface area contributed by atoms with Crippen molar-refractivity contribution >= 4 is 39.2 Å². The summed E-state index contributed by atoms with van der Waals surface area (Å²) in [6, 6.07) is 20.0. The van der Waals surface area contributed by atoms with Crippen LogP contribution < -0.4 is 36.1 Å². The summed E-state index contributed by atoms with van der Waals surface area (Å²) in [6.45, 7) is 13.1. The van der Waals surface area contributed by atoms with Crippen LogP contribution in [0.5, 0.6) is 5.75 Å². The molecule has 0 unspecified atom stereocenters. The second kappa shape index (κ2) is 16.2. The van der Waals surface area contributed by atoms with Gasteiger partial charge in [-0.15, -0.1) is 5.53 Å². The number of carbonyl (C=O) groups is 1. The third-order valence-corrected chi connectivity index (χ3v) is 9.80. The Hall–Kier alpha value is -4.85. The normalized spacial score (nSPS) is 16.3. The Balaban J connectivity index is 1.33. The quantitative estimate of drug-likeness (QED) is 0.146. The first kappa shape index (κ1) is 38.4. The predicted molar refractivity (Wildman–Crippen MR) is 211 cm³/mol. The number of amides is 1. The predicted octanol–water partition coefficient (Wildman–Crippen LogP) is 5.82. The first-order chi connectivity index (χ1) is 24.6. The van der Waals surface area contributed by atoms with E-state index in [1.54, 1.807) is 25.2 Å². The van der Waals surface area contributed by atoms with E-state index in [9.17, 15) is 13.2 Å². The fourth-order valence-electron chi connectivity index (χ4n) is 6.39. The first-order valence-electron chi connectivity index (χ1n) is 17.5. The monoisotopic (exact) mass is 728 g/mol. The van der Waals surface area contributed by atoms with Gasteiger partial charge in [-0.3, -0.25) is 24.4 Å². The third kappa shape index (κ3) is 9.72. The molecule has 5 rings (SSSR count). The number of ether oxygens (including phenoxy) is 1. The maximum atomic E-state index is 13.8. The van der Waals surface area contributed by atoms with Crippen molar-refractivity contribution in [3.8, 4) is 5.75 Å². The Bertz CT molecular complexity index is 1960. The van der Waals surface area contributed by atoms with Crippen LogP contribution in [-0.4, -0.2) is 65.0 Å². The van der Waals surface area contributed by atoms with E-state index in [0.29, 0.717) is 17.3 Å². The number of hydrazine groups is 2. The molecule has 0 aliphatic carbocycles. The van der Waals surface area contributed by atoms with Gasteiger partial charge in [-0.05, 0) is 73.1 Å². The van der Waals surface area contributed by atoms with E-state index < -0.39 is 10.0 Å². The van der Waals surface area contributed by atoms with Crippen molar-refractivity contribution in [1.82, 2.24) is 21.2 Å². The first-order valence-corrected chi connectivity index (χ1v) is 19.4. The molecule has 0 bridgehead atoms. The number of allylic oxidation sites excluding steroid dienone is 2. The number of piperidine rings is 1. The highest BCUT2D eigenvalue weighted by Gasteiger charge is 2.25. The lowest BCUT2D eigenvalue weighted by Crippen LogP contribution is -2.42. The van der Waals surface area contributed by atoms with Crippen LogP contribution in [0.15, 0.2) is 88.8 Å². The van der Waals surface area contributed by atoms with E-state index >= 15 is 0 Å². The van der Waals surface area contributed by atoms with Crippen LogP contribution >= 0.6 is 0 Å². The maximum absolute atomic E-state index is 13.8. The van der Waals surface area contributed by atoms with Crippen molar-refractivity contribution in [3.05, 3.63) is 106 Å². The number of likely N-dealkylation sites (tertiary alicyclic amines) is 1. The SMILES string of the molecule is CN=C/C(C1=CN(c2cc(C(=O)Nc3cc(C(C)(C)C)cc(NS(C)(=O)=O)c3OC)ccc2C)NN1)=C(/C)NC1CCN(Cc2ccccc2)CC1. The summed E-state index contributed by atoms with van der Waals surface area (Å²) in [5.41, 5.74) is 13.9. The molecular weight excluding hydrogens is 677 g/mol. The zero-order valence-corrected chi connectivity index (χ0v) is 32.2. The average Bonchev–Trinajstić information content (AvgIpc) is 3.57. The van der Waals surface area contributed by atoms with Gasteiger partial charge < -0.3 is 20.8 Å². The van der Waals surface area contributed by atoms with E-state index in [4.69, 9.17) is 4.74 Å². The van der Waals surface area contributed by atoms with Crippen molar-refractivity contribution in [2.24, 2.45) is 4.99 Å². The summed E-state index contributed by atoms with van der Waals surface area (Å²) >= 11 is 0. The van der Waals surface area contributed by atoms with Crippen molar-refractivity contribution in [2.45, 2.75) is 65.5 Å². The van der Waals surface area contributed by atoms with Crippen molar-refractivity contribution in [3.63, 3.8) is 0 Å². The number of hydrogen-bond acceptors (Lipinski definition) is 10. The summed E-state index contributed by atoms with van der Waals surface area (Å²) in [4.78, 5) is 20.6.